The summed E-state index contributed by atoms with van der Waals surface area (Å²) in [5.74, 6) is -2.78. The molecule has 0 aromatic rings. The molecule has 0 radical (unpaired) electrons. The summed E-state index contributed by atoms with van der Waals surface area (Å²) in [6, 6.07) is 0.285. The maximum absolute atomic E-state index is 14.1. The van der Waals surface area contributed by atoms with Crippen LogP contribution in [0, 0.1) is 40.9 Å². The van der Waals surface area contributed by atoms with E-state index in [1.54, 1.807) is 21.0 Å². The van der Waals surface area contributed by atoms with Crippen molar-refractivity contribution in [2.75, 3.05) is 21.2 Å². The first-order valence-electron chi connectivity index (χ1n) is 18.7. The number of aliphatic hydroxyl groups is 2. The van der Waals surface area contributed by atoms with Crippen LogP contribution in [0.15, 0.2) is 0 Å². The summed E-state index contributed by atoms with van der Waals surface area (Å²) in [7, 11) is 5.85. The van der Waals surface area contributed by atoms with E-state index >= 15 is 0 Å². The molecule has 0 aromatic carbocycles. The molecule has 3 aliphatic heterocycles. The van der Waals surface area contributed by atoms with Crippen LogP contribution in [0.25, 0.3) is 0 Å². The van der Waals surface area contributed by atoms with Gasteiger partial charge in [-0.3, -0.25) is 4.79 Å². The molecule has 17 atom stereocenters. The van der Waals surface area contributed by atoms with Gasteiger partial charge in [-0.2, -0.15) is 0 Å². The number of cyclic esters (lactones) is 1. The standard InChI is InChI=1S/C38H70N2O9/c1-15-29-38(11,43)35(41)25(7)32(39)23(5)22(4)24(6)33(48-30-17-28(40(12)13)16-20(2)45-30)26(8)34(27(9)36(42)47-29)49-31-19-37(10,44-14)18-21(3)46-31/h20-31,33-35,39,41,43H,15-19H2,1-14H3/t20-,21+,22?,23-,24+,25+,26-,27-,28+,29-,30+,31+,33+,34+,35-,37+,38-/m1/s1. The van der Waals surface area contributed by atoms with E-state index in [0.29, 0.717) is 25.0 Å². The highest BCUT2D eigenvalue weighted by Gasteiger charge is 2.49. The van der Waals surface area contributed by atoms with Crippen molar-refractivity contribution in [1.82, 2.24) is 4.90 Å². The molecule has 49 heavy (non-hydrogen) atoms. The quantitative estimate of drug-likeness (QED) is 0.295. The molecule has 3 aliphatic rings. The first-order chi connectivity index (χ1) is 22.7. The van der Waals surface area contributed by atoms with Crippen molar-refractivity contribution in [3.8, 4) is 0 Å². The van der Waals surface area contributed by atoms with E-state index < -0.39 is 66.0 Å². The van der Waals surface area contributed by atoms with Crippen LogP contribution in [0.1, 0.15) is 108 Å². The average molecular weight is 699 g/mol. The van der Waals surface area contributed by atoms with Crippen LogP contribution in [-0.4, -0.2) is 114 Å². The summed E-state index contributed by atoms with van der Waals surface area (Å²) >= 11 is 0. The van der Waals surface area contributed by atoms with Crippen LogP contribution in [0.3, 0.4) is 0 Å². The van der Waals surface area contributed by atoms with Gasteiger partial charge in [0.05, 0.1) is 42.0 Å². The van der Waals surface area contributed by atoms with E-state index in [9.17, 15) is 20.4 Å². The number of nitrogens with one attached hydrogen (secondary N) is 1. The van der Waals surface area contributed by atoms with Gasteiger partial charge in [-0.05, 0) is 79.3 Å². The molecule has 3 fully saturated rings. The van der Waals surface area contributed by atoms with E-state index in [1.807, 2.05) is 27.7 Å². The minimum atomic E-state index is -1.79. The van der Waals surface area contributed by atoms with Crippen molar-refractivity contribution < 1.29 is 43.4 Å². The van der Waals surface area contributed by atoms with Gasteiger partial charge in [0.15, 0.2) is 12.6 Å². The van der Waals surface area contributed by atoms with Crippen molar-refractivity contribution in [2.45, 2.75) is 175 Å². The van der Waals surface area contributed by atoms with E-state index in [0.717, 1.165) is 6.42 Å². The fraction of sp³-hybridized carbons (Fsp3) is 0.947. The molecule has 0 aromatic heterocycles. The second-order valence-electron chi connectivity index (χ2n) is 16.5. The zero-order chi connectivity index (χ0) is 37.2. The summed E-state index contributed by atoms with van der Waals surface area (Å²) < 4.78 is 38.6. The summed E-state index contributed by atoms with van der Waals surface area (Å²) in [5.41, 5.74) is -1.92. The molecule has 0 amide bonds. The van der Waals surface area contributed by atoms with Crippen LogP contribution in [0.4, 0.5) is 0 Å². The Morgan fingerprint density at radius 3 is 2.00 bits per heavy atom. The van der Waals surface area contributed by atoms with E-state index in [4.69, 9.17) is 28.4 Å². The van der Waals surface area contributed by atoms with Gasteiger partial charge in [-0.1, -0.05) is 41.5 Å². The molecule has 3 saturated heterocycles. The van der Waals surface area contributed by atoms with Crippen LogP contribution >= 0.6 is 0 Å². The van der Waals surface area contributed by atoms with Crippen molar-refractivity contribution >= 4 is 11.7 Å². The number of hydrogen-bond donors (Lipinski definition) is 3. The number of carbonyl (C=O) groups excluding carboxylic acids is 1. The third-order valence-electron chi connectivity index (χ3n) is 12.4. The molecule has 3 rings (SSSR count). The Bertz CT molecular complexity index is 1090. The number of aliphatic hydroxyl groups excluding tert-OH is 1. The fourth-order valence-electron chi connectivity index (χ4n) is 8.51. The fourth-order valence-corrected chi connectivity index (χ4v) is 8.51. The normalized spacial score (nSPS) is 48.2. The van der Waals surface area contributed by atoms with Gasteiger partial charge in [0.1, 0.15) is 11.7 Å². The SMILES string of the molecule is CC[C@H]1OC(=O)[C@H](C)[C@@H](O[C@H]2C[C@@](C)(OC)C[C@H](C)O2)[C@H](C)[C@@H](O[C@H]2C[C@@H](N(C)C)C[C@@H](C)O2)[C@@H](C)C(C)[C@@H](C)C(=N)[C@H](C)[C@@H](O)[C@]1(C)O. The Labute approximate surface area is 296 Å². The Hall–Kier alpha value is -1.18. The van der Waals surface area contributed by atoms with Crippen molar-refractivity contribution in [3.63, 3.8) is 0 Å². The summed E-state index contributed by atoms with van der Waals surface area (Å²) in [5, 5.41) is 32.4. The Morgan fingerprint density at radius 1 is 0.837 bits per heavy atom. The van der Waals surface area contributed by atoms with Gasteiger partial charge in [0, 0.05) is 50.0 Å². The highest BCUT2D eigenvalue weighted by Crippen LogP contribution is 2.40. The number of ether oxygens (including phenoxy) is 6. The molecule has 0 spiro atoms. The third kappa shape index (κ3) is 9.83. The lowest BCUT2D eigenvalue weighted by atomic mass is 9.71. The van der Waals surface area contributed by atoms with Gasteiger partial charge in [-0.15, -0.1) is 0 Å². The zero-order valence-corrected chi connectivity index (χ0v) is 32.9. The highest BCUT2D eigenvalue weighted by molar-refractivity contribution is 5.86. The molecule has 3 heterocycles. The predicted molar refractivity (Wildman–Crippen MR) is 189 cm³/mol. The Kier molecular flexibility index (Phi) is 14.7. The number of rotatable bonds is 7. The number of esters is 1. The minimum Gasteiger partial charge on any atom is -0.459 e. The highest BCUT2D eigenvalue weighted by atomic mass is 16.7. The van der Waals surface area contributed by atoms with Crippen molar-refractivity contribution in [2.24, 2.45) is 35.5 Å². The second kappa shape index (κ2) is 17.1. The average Bonchev–Trinajstić information content (AvgIpc) is 3.04. The first-order valence-corrected chi connectivity index (χ1v) is 18.7. The molecule has 1 unspecified atom stereocenters. The lowest BCUT2D eigenvalue weighted by Crippen LogP contribution is -2.57. The Balaban J connectivity index is 2.14. The van der Waals surface area contributed by atoms with Gasteiger partial charge < -0.3 is 48.9 Å². The topological polar surface area (TPSA) is 140 Å². The van der Waals surface area contributed by atoms with Gasteiger partial charge in [-0.25, -0.2) is 0 Å². The second-order valence-corrected chi connectivity index (χ2v) is 16.5. The molecule has 286 valence electrons. The maximum Gasteiger partial charge on any atom is 0.311 e. The third-order valence-corrected chi connectivity index (χ3v) is 12.4. The van der Waals surface area contributed by atoms with Crippen LogP contribution in [0.2, 0.25) is 0 Å². The molecule has 3 N–H and O–H groups in total. The lowest BCUT2D eigenvalue weighted by Gasteiger charge is -2.47. The molecule has 0 bridgehead atoms. The minimum absolute atomic E-state index is 0.00528. The molecule has 0 aliphatic carbocycles. The summed E-state index contributed by atoms with van der Waals surface area (Å²) in [6.45, 7) is 21.3. The largest absolute Gasteiger partial charge is 0.459 e. The van der Waals surface area contributed by atoms with Crippen molar-refractivity contribution in [3.05, 3.63) is 0 Å². The van der Waals surface area contributed by atoms with Crippen LogP contribution < -0.4 is 0 Å². The molecule has 11 heteroatoms. The smallest absolute Gasteiger partial charge is 0.311 e. The summed E-state index contributed by atoms with van der Waals surface area (Å²) in [4.78, 5) is 16.3. The Morgan fingerprint density at radius 2 is 1.43 bits per heavy atom. The zero-order valence-electron chi connectivity index (χ0n) is 32.9. The van der Waals surface area contributed by atoms with Crippen LogP contribution in [0.5, 0.6) is 0 Å². The molecular weight excluding hydrogens is 628 g/mol. The van der Waals surface area contributed by atoms with Crippen LogP contribution in [-0.2, 0) is 33.2 Å². The van der Waals surface area contributed by atoms with Gasteiger partial charge in [0.25, 0.3) is 0 Å². The predicted octanol–water partition coefficient (Wildman–Crippen LogP) is 5.43. The molecule has 0 saturated carbocycles. The molecular formula is C38H70N2O9. The number of methoxy groups -OCH3 is 1. The maximum atomic E-state index is 14.1. The first kappa shape index (κ1) is 42.2. The molecule has 11 nitrogen and oxygen atoms in total. The van der Waals surface area contributed by atoms with Gasteiger partial charge >= 0.3 is 5.97 Å². The number of nitrogens with zero attached hydrogens (tertiary/aromatic N) is 1. The number of carbonyl (C=O) groups is 1. The lowest BCUT2D eigenvalue weighted by molar-refractivity contribution is -0.281. The monoisotopic (exact) mass is 699 g/mol. The van der Waals surface area contributed by atoms with Gasteiger partial charge in [0.2, 0.25) is 0 Å². The van der Waals surface area contributed by atoms with E-state index in [1.165, 1.54) is 6.92 Å². The summed E-state index contributed by atoms with van der Waals surface area (Å²) in [6.07, 6.45) is -1.66. The van der Waals surface area contributed by atoms with Crippen molar-refractivity contribution in [1.29, 1.82) is 5.41 Å². The van der Waals surface area contributed by atoms with E-state index in [-0.39, 0.29) is 48.3 Å². The van der Waals surface area contributed by atoms with E-state index in [2.05, 4.69) is 46.7 Å². The number of hydrogen-bond acceptors (Lipinski definition) is 11.